The Morgan fingerprint density at radius 3 is 2.69 bits per heavy atom. The minimum absolute atomic E-state index is 0.272. The second-order valence-corrected chi connectivity index (χ2v) is 8.11. The number of H-pyrrole nitrogens is 1. The molecule has 1 spiro atoms. The summed E-state index contributed by atoms with van der Waals surface area (Å²) in [5.74, 6) is 3.43. The number of aryl methyl sites for hydroxylation is 2. The highest BCUT2D eigenvalue weighted by molar-refractivity contribution is 5.75. The summed E-state index contributed by atoms with van der Waals surface area (Å²) < 4.78 is 2.22. The lowest BCUT2D eigenvalue weighted by atomic mass is 9.71. The molecule has 2 aromatic heterocycles. The van der Waals surface area contributed by atoms with Crippen LogP contribution in [0.15, 0.2) is 24.3 Å². The minimum Gasteiger partial charge on any atom is -0.330 e. The molecule has 1 unspecified atom stereocenters. The zero-order valence-corrected chi connectivity index (χ0v) is 15.6. The summed E-state index contributed by atoms with van der Waals surface area (Å²) in [6.45, 7) is 7.19. The first kappa shape index (κ1) is 16.0. The number of likely N-dealkylation sites (N-methyl/N-ethyl adjacent to an activating group) is 1. The van der Waals surface area contributed by atoms with E-state index in [1.807, 2.05) is 6.92 Å². The van der Waals surface area contributed by atoms with E-state index in [-0.39, 0.29) is 5.41 Å². The van der Waals surface area contributed by atoms with Crippen molar-refractivity contribution in [1.82, 2.24) is 34.5 Å². The molecule has 3 aromatic rings. The van der Waals surface area contributed by atoms with E-state index in [1.54, 1.807) is 0 Å². The largest absolute Gasteiger partial charge is 0.330 e. The number of nitrogens with one attached hydrogen (secondary N) is 1. The van der Waals surface area contributed by atoms with Gasteiger partial charge in [-0.25, -0.2) is 9.97 Å². The van der Waals surface area contributed by atoms with Gasteiger partial charge in [-0.1, -0.05) is 12.1 Å². The van der Waals surface area contributed by atoms with Gasteiger partial charge in [0, 0.05) is 44.6 Å². The first-order valence-electron chi connectivity index (χ1n) is 9.24. The van der Waals surface area contributed by atoms with Crippen LogP contribution in [-0.4, -0.2) is 67.8 Å². The molecule has 136 valence electrons. The number of para-hydroxylation sites is 2. The third-order valence-electron chi connectivity index (χ3n) is 6.07. The first-order chi connectivity index (χ1) is 12.5. The molecule has 26 heavy (non-hydrogen) atoms. The van der Waals surface area contributed by atoms with Crippen molar-refractivity contribution in [3.8, 4) is 0 Å². The number of imidazole rings is 1. The third-order valence-corrected chi connectivity index (χ3v) is 6.07. The fourth-order valence-electron chi connectivity index (χ4n) is 4.90. The molecule has 2 aliphatic heterocycles. The molecule has 0 bridgehead atoms. The maximum absolute atomic E-state index is 4.83. The average Bonchev–Trinajstić information content (AvgIpc) is 3.24. The normalized spacial score (nSPS) is 23.1. The second kappa shape index (κ2) is 5.62. The van der Waals surface area contributed by atoms with E-state index in [1.165, 1.54) is 5.52 Å². The van der Waals surface area contributed by atoms with Crippen LogP contribution in [0.25, 0.3) is 11.0 Å². The molecule has 1 atom stereocenters. The highest BCUT2D eigenvalue weighted by Crippen LogP contribution is 2.48. The van der Waals surface area contributed by atoms with Crippen molar-refractivity contribution in [2.75, 3.05) is 33.2 Å². The SMILES string of the molecule is Cc1nc(C2CN(C)CC23CN(Cc2nc4ccccc4n2C)C3)n[nH]1. The van der Waals surface area contributed by atoms with Gasteiger partial charge >= 0.3 is 0 Å². The van der Waals surface area contributed by atoms with Crippen LogP contribution in [0.1, 0.15) is 23.4 Å². The van der Waals surface area contributed by atoms with Crippen LogP contribution in [0.4, 0.5) is 0 Å². The highest BCUT2D eigenvalue weighted by atomic mass is 15.3. The molecule has 4 heterocycles. The third kappa shape index (κ3) is 2.38. The second-order valence-electron chi connectivity index (χ2n) is 8.11. The lowest BCUT2D eigenvalue weighted by molar-refractivity contribution is -0.0115. The Balaban J connectivity index is 1.34. The van der Waals surface area contributed by atoms with Gasteiger partial charge in [-0.05, 0) is 26.1 Å². The Kier molecular flexibility index (Phi) is 3.45. The summed E-state index contributed by atoms with van der Waals surface area (Å²) in [5, 5.41) is 7.48. The van der Waals surface area contributed by atoms with Crippen LogP contribution < -0.4 is 0 Å². The quantitative estimate of drug-likeness (QED) is 0.775. The molecule has 2 aliphatic rings. The minimum atomic E-state index is 0.272. The van der Waals surface area contributed by atoms with Gasteiger partial charge in [0.2, 0.25) is 0 Å². The maximum Gasteiger partial charge on any atom is 0.155 e. The fraction of sp³-hybridized carbons (Fsp3) is 0.526. The van der Waals surface area contributed by atoms with Crippen LogP contribution in [0.3, 0.4) is 0 Å². The Morgan fingerprint density at radius 2 is 1.96 bits per heavy atom. The average molecular weight is 351 g/mol. The monoisotopic (exact) mass is 351 g/mol. The van der Waals surface area contributed by atoms with Crippen molar-refractivity contribution in [1.29, 1.82) is 0 Å². The van der Waals surface area contributed by atoms with Crippen LogP contribution in [0, 0.1) is 12.3 Å². The molecule has 1 N–H and O–H groups in total. The highest BCUT2D eigenvalue weighted by Gasteiger charge is 2.55. The Morgan fingerprint density at radius 1 is 1.15 bits per heavy atom. The van der Waals surface area contributed by atoms with Gasteiger partial charge in [0.05, 0.1) is 17.6 Å². The Hall–Kier alpha value is -2.25. The predicted molar refractivity (Wildman–Crippen MR) is 99.8 cm³/mol. The lowest BCUT2D eigenvalue weighted by Crippen LogP contribution is -2.59. The zero-order chi connectivity index (χ0) is 17.9. The van der Waals surface area contributed by atoms with Gasteiger partial charge in [0.1, 0.15) is 11.6 Å². The molecular formula is C19H25N7. The van der Waals surface area contributed by atoms with E-state index in [0.29, 0.717) is 5.92 Å². The molecule has 0 aliphatic carbocycles. The molecule has 0 radical (unpaired) electrons. The number of hydrogen-bond acceptors (Lipinski definition) is 5. The van der Waals surface area contributed by atoms with Crippen LogP contribution in [-0.2, 0) is 13.6 Å². The summed E-state index contributed by atoms with van der Waals surface area (Å²) in [6, 6.07) is 8.35. The van der Waals surface area contributed by atoms with Gasteiger partial charge in [0.15, 0.2) is 5.82 Å². The van der Waals surface area contributed by atoms with Crippen molar-refractivity contribution in [3.63, 3.8) is 0 Å². The molecule has 1 aromatic carbocycles. The maximum atomic E-state index is 4.83. The molecule has 7 heteroatoms. The number of aromatic amines is 1. The van der Waals surface area contributed by atoms with Gasteiger partial charge in [-0.15, -0.1) is 0 Å². The van der Waals surface area contributed by atoms with Crippen LogP contribution in [0.5, 0.6) is 0 Å². The number of benzene rings is 1. The number of likely N-dealkylation sites (tertiary alicyclic amines) is 2. The summed E-state index contributed by atoms with van der Waals surface area (Å²) >= 11 is 0. The van der Waals surface area contributed by atoms with Gasteiger partial charge in [-0.2, -0.15) is 5.10 Å². The summed E-state index contributed by atoms with van der Waals surface area (Å²) in [5.41, 5.74) is 2.55. The van der Waals surface area contributed by atoms with Gasteiger partial charge < -0.3 is 9.47 Å². The molecule has 0 amide bonds. The predicted octanol–water partition coefficient (Wildman–Crippen LogP) is 1.53. The van der Waals surface area contributed by atoms with E-state index in [4.69, 9.17) is 4.98 Å². The topological polar surface area (TPSA) is 65.9 Å². The van der Waals surface area contributed by atoms with E-state index in [9.17, 15) is 0 Å². The van der Waals surface area contributed by atoms with Crippen molar-refractivity contribution in [2.45, 2.75) is 19.4 Å². The zero-order valence-electron chi connectivity index (χ0n) is 15.6. The molecule has 2 fully saturated rings. The van der Waals surface area contributed by atoms with Crippen LogP contribution in [0.2, 0.25) is 0 Å². The molecular weight excluding hydrogens is 326 g/mol. The van der Waals surface area contributed by atoms with E-state index in [2.05, 4.69) is 67.9 Å². The van der Waals surface area contributed by atoms with Gasteiger partial charge in [-0.3, -0.25) is 10.00 Å². The smallest absolute Gasteiger partial charge is 0.155 e. The van der Waals surface area contributed by atoms with Crippen molar-refractivity contribution in [2.24, 2.45) is 12.5 Å². The first-order valence-corrected chi connectivity index (χ1v) is 9.24. The Bertz CT molecular complexity index is 950. The molecule has 5 rings (SSSR count). The number of rotatable bonds is 3. The summed E-state index contributed by atoms with van der Waals surface area (Å²) in [7, 11) is 4.32. The number of aromatic nitrogens is 5. The molecule has 7 nitrogen and oxygen atoms in total. The fourth-order valence-corrected chi connectivity index (χ4v) is 4.90. The number of nitrogens with zero attached hydrogens (tertiary/aromatic N) is 6. The lowest BCUT2D eigenvalue weighted by Gasteiger charge is -2.50. The molecule has 0 saturated carbocycles. The summed E-state index contributed by atoms with van der Waals surface area (Å²) in [6.07, 6.45) is 0. The molecule has 2 saturated heterocycles. The standard InChI is InChI=1S/C19H25N7/c1-13-20-18(23-22-13)14-8-24(2)10-19(14)11-26(12-19)9-17-21-15-6-4-5-7-16(15)25(17)3/h4-7,14H,8-12H2,1-3H3,(H,20,22,23). The summed E-state index contributed by atoms with van der Waals surface area (Å²) in [4.78, 5) is 14.4. The van der Waals surface area contributed by atoms with Crippen molar-refractivity contribution >= 4 is 11.0 Å². The number of fused-ring (bicyclic) bond motifs is 1. The number of hydrogen-bond donors (Lipinski definition) is 1. The van der Waals surface area contributed by atoms with Crippen molar-refractivity contribution < 1.29 is 0 Å². The van der Waals surface area contributed by atoms with Crippen molar-refractivity contribution in [3.05, 3.63) is 41.7 Å². The van der Waals surface area contributed by atoms with Gasteiger partial charge in [0.25, 0.3) is 0 Å². The van der Waals surface area contributed by atoms with E-state index in [0.717, 1.165) is 55.7 Å². The Labute approximate surface area is 153 Å². The van der Waals surface area contributed by atoms with E-state index < -0.39 is 0 Å². The van der Waals surface area contributed by atoms with E-state index >= 15 is 0 Å². The van der Waals surface area contributed by atoms with Crippen LogP contribution >= 0.6 is 0 Å².